The van der Waals surface area contributed by atoms with Crippen LogP contribution in [0, 0.1) is 0 Å². The van der Waals surface area contributed by atoms with E-state index in [-0.39, 0.29) is 17.4 Å². The second-order valence-electron chi connectivity index (χ2n) is 7.67. The second kappa shape index (κ2) is 6.56. The van der Waals surface area contributed by atoms with Crippen LogP contribution in [0.3, 0.4) is 0 Å². The smallest absolute Gasteiger partial charge is 0.253 e. The average molecular weight is 374 g/mol. The lowest BCUT2D eigenvalue weighted by Gasteiger charge is -2.42. The number of carbonyl (C=O) groups excluding carboxylic acids is 1. The zero-order valence-corrected chi connectivity index (χ0v) is 15.5. The van der Waals surface area contributed by atoms with Crippen LogP contribution in [-0.2, 0) is 5.41 Å². The van der Waals surface area contributed by atoms with E-state index in [9.17, 15) is 9.90 Å². The van der Waals surface area contributed by atoms with Crippen molar-refractivity contribution in [1.82, 2.24) is 19.4 Å². The van der Waals surface area contributed by atoms with Gasteiger partial charge in [-0.25, -0.2) is 4.98 Å². The van der Waals surface area contributed by atoms with Crippen LogP contribution in [0.25, 0.3) is 0 Å². The Morgan fingerprint density at radius 1 is 1.04 bits per heavy atom. The van der Waals surface area contributed by atoms with Crippen LogP contribution < -0.4 is 0 Å². The molecular weight excluding hydrogens is 352 g/mol. The fraction of sp³-hybridized carbons (Fsp3) is 0.318. The van der Waals surface area contributed by atoms with Gasteiger partial charge < -0.3 is 14.6 Å². The van der Waals surface area contributed by atoms with Crippen LogP contribution in [0.1, 0.15) is 40.4 Å². The molecule has 1 saturated heterocycles. The number of imidazole rings is 1. The largest absolute Gasteiger partial charge is 0.390 e. The number of aliphatic hydroxyl groups excluding tert-OH is 1. The number of piperidine rings is 1. The minimum atomic E-state index is -0.544. The molecule has 2 aliphatic rings. The number of rotatable bonds is 2. The second-order valence-corrected chi connectivity index (χ2v) is 7.67. The number of benzene rings is 1. The third-order valence-electron chi connectivity index (χ3n) is 6.40. The first-order chi connectivity index (χ1) is 13.7. The molecule has 1 spiro atoms. The van der Waals surface area contributed by atoms with Crippen LogP contribution in [0.2, 0.25) is 0 Å². The minimum absolute atomic E-state index is 0.0316. The zero-order chi connectivity index (χ0) is 19.1. The van der Waals surface area contributed by atoms with Crippen molar-refractivity contribution in [2.24, 2.45) is 0 Å². The van der Waals surface area contributed by atoms with Crippen molar-refractivity contribution in [3.8, 4) is 0 Å². The normalized spacial score (nSPS) is 23.0. The van der Waals surface area contributed by atoms with E-state index in [2.05, 4.69) is 22.1 Å². The summed E-state index contributed by atoms with van der Waals surface area (Å²) >= 11 is 0. The minimum Gasteiger partial charge on any atom is -0.390 e. The summed E-state index contributed by atoms with van der Waals surface area (Å²) in [5.74, 6) is 0.0316. The lowest BCUT2D eigenvalue weighted by molar-refractivity contribution is 0.0208. The molecule has 0 bridgehead atoms. The number of nitrogens with zero attached hydrogens (tertiary/aromatic N) is 4. The highest BCUT2D eigenvalue weighted by atomic mass is 16.3. The summed E-state index contributed by atoms with van der Waals surface area (Å²) in [4.78, 5) is 22.9. The van der Waals surface area contributed by atoms with Gasteiger partial charge in [-0.05, 0) is 36.1 Å². The SMILES string of the molecule is O=C(c1ccncc1)N1CCC2(CC1)c1ccccc1[C@@H](n1ccnc1)[C@@H]2O. The molecule has 28 heavy (non-hydrogen) atoms. The van der Waals surface area contributed by atoms with Crippen LogP contribution >= 0.6 is 0 Å². The van der Waals surface area contributed by atoms with Crippen molar-refractivity contribution in [3.63, 3.8) is 0 Å². The molecule has 3 heterocycles. The van der Waals surface area contributed by atoms with Gasteiger partial charge in [0, 0.05) is 48.9 Å². The van der Waals surface area contributed by atoms with E-state index in [1.54, 1.807) is 37.1 Å². The molecule has 0 unspecified atom stereocenters. The Hall–Kier alpha value is -2.99. The van der Waals surface area contributed by atoms with Crippen LogP contribution in [0.5, 0.6) is 0 Å². The third-order valence-corrected chi connectivity index (χ3v) is 6.40. The first-order valence-corrected chi connectivity index (χ1v) is 9.65. The summed E-state index contributed by atoms with van der Waals surface area (Å²) in [5.41, 5.74) is 2.69. The van der Waals surface area contributed by atoms with Gasteiger partial charge in [-0.15, -0.1) is 0 Å². The Balaban J connectivity index is 1.44. The van der Waals surface area contributed by atoms with Crippen molar-refractivity contribution in [3.05, 3.63) is 84.2 Å². The molecule has 2 aromatic heterocycles. The molecule has 1 N–H and O–H groups in total. The standard InChI is InChI=1S/C22H22N4O2/c27-20-19(26-14-11-24-15-26)17-3-1-2-4-18(17)22(20)7-12-25(13-8-22)21(28)16-5-9-23-10-6-16/h1-6,9-11,14-15,19-20,27H,7-8,12-13H2/t19-,20+/m1/s1. The molecule has 142 valence electrons. The van der Waals surface area contributed by atoms with Gasteiger partial charge in [0.2, 0.25) is 0 Å². The lowest BCUT2D eigenvalue weighted by Crippen LogP contribution is -2.50. The van der Waals surface area contributed by atoms with Gasteiger partial charge in [-0.1, -0.05) is 24.3 Å². The molecule has 1 fully saturated rings. The van der Waals surface area contributed by atoms with E-state index >= 15 is 0 Å². The summed E-state index contributed by atoms with van der Waals surface area (Å²) in [6, 6.07) is 11.7. The molecule has 1 amide bonds. The highest BCUT2D eigenvalue weighted by Crippen LogP contribution is 2.52. The van der Waals surface area contributed by atoms with Gasteiger partial charge in [-0.2, -0.15) is 0 Å². The maximum atomic E-state index is 12.8. The van der Waals surface area contributed by atoms with Crippen LogP contribution in [0.4, 0.5) is 0 Å². The summed E-state index contributed by atoms with van der Waals surface area (Å²) < 4.78 is 1.99. The Morgan fingerprint density at radius 2 is 1.79 bits per heavy atom. The molecule has 0 radical (unpaired) electrons. The van der Waals surface area contributed by atoms with Crippen LogP contribution in [0.15, 0.2) is 67.5 Å². The quantitative estimate of drug-likeness (QED) is 0.748. The highest BCUT2D eigenvalue weighted by molar-refractivity contribution is 5.94. The van der Waals surface area contributed by atoms with E-state index in [1.165, 1.54) is 5.56 Å². The number of amides is 1. The molecule has 1 aliphatic carbocycles. The Labute approximate surface area is 163 Å². The predicted molar refractivity (Wildman–Crippen MR) is 104 cm³/mol. The van der Waals surface area contributed by atoms with Gasteiger partial charge in [0.1, 0.15) is 0 Å². The number of hydrogen-bond acceptors (Lipinski definition) is 4. The van der Waals surface area contributed by atoms with Crippen molar-refractivity contribution >= 4 is 5.91 Å². The third kappa shape index (κ3) is 2.48. The van der Waals surface area contributed by atoms with Crippen LogP contribution in [-0.4, -0.2) is 49.6 Å². The maximum absolute atomic E-state index is 12.8. The summed E-state index contributed by atoms with van der Waals surface area (Å²) in [5, 5.41) is 11.4. The number of fused-ring (bicyclic) bond motifs is 2. The molecule has 6 nitrogen and oxygen atoms in total. The molecule has 1 aromatic carbocycles. The van der Waals surface area contributed by atoms with Gasteiger partial charge in [0.25, 0.3) is 5.91 Å². The molecule has 5 rings (SSSR count). The molecule has 0 saturated carbocycles. The van der Waals surface area contributed by atoms with E-state index < -0.39 is 6.10 Å². The van der Waals surface area contributed by atoms with E-state index in [1.807, 2.05) is 27.8 Å². The van der Waals surface area contributed by atoms with Crippen molar-refractivity contribution in [2.45, 2.75) is 30.4 Å². The van der Waals surface area contributed by atoms with Gasteiger partial charge in [0.05, 0.1) is 18.5 Å². The first kappa shape index (κ1) is 17.1. The number of aliphatic hydroxyl groups is 1. The fourth-order valence-electron chi connectivity index (χ4n) is 4.95. The summed E-state index contributed by atoms with van der Waals surface area (Å²) in [6.07, 6.45) is 9.66. The summed E-state index contributed by atoms with van der Waals surface area (Å²) in [7, 11) is 0. The monoisotopic (exact) mass is 374 g/mol. The predicted octanol–water partition coefficient (Wildman–Crippen LogP) is 2.42. The van der Waals surface area contributed by atoms with E-state index in [0.717, 1.165) is 18.4 Å². The zero-order valence-electron chi connectivity index (χ0n) is 15.5. The van der Waals surface area contributed by atoms with E-state index in [4.69, 9.17) is 0 Å². The first-order valence-electron chi connectivity index (χ1n) is 9.65. The summed E-state index contributed by atoms with van der Waals surface area (Å²) in [6.45, 7) is 1.26. The number of pyridine rings is 1. The number of carbonyl (C=O) groups is 1. The van der Waals surface area contributed by atoms with Crippen molar-refractivity contribution in [1.29, 1.82) is 0 Å². The van der Waals surface area contributed by atoms with Crippen molar-refractivity contribution < 1.29 is 9.90 Å². The molecule has 1 aliphatic heterocycles. The Kier molecular flexibility index (Phi) is 4.02. The Bertz CT molecular complexity index is 979. The van der Waals surface area contributed by atoms with Gasteiger partial charge in [-0.3, -0.25) is 9.78 Å². The lowest BCUT2D eigenvalue weighted by atomic mass is 9.72. The molecule has 6 heteroatoms. The topological polar surface area (TPSA) is 71.2 Å². The van der Waals surface area contributed by atoms with Gasteiger partial charge >= 0.3 is 0 Å². The number of aromatic nitrogens is 3. The Morgan fingerprint density at radius 3 is 2.50 bits per heavy atom. The number of likely N-dealkylation sites (tertiary alicyclic amines) is 1. The molecule has 3 aromatic rings. The van der Waals surface area contributed by atoms with E-state index in [0.29, 0.717) is 18.7 Å². The maximum Gasteiger partial charge on any atom is 0.253 e. The van der Waals surface area contributed by atoms with Crippen molar-refractivity contribution in [2.75, 3.05) is 13.1 Å². The molecule has 2 atom stereocenters. The number of hydrogen-bond donors (Lipinski definition) is 1. The highest BCUT2D eigenvalue weighted by Gasteiger charge is 2.53. The fourth-order valence-corrected chi connectivity index (χ4v) is 4.95. The molecular formula is C22H22N4O2. The average Bonchev–Trinajstić information content (AvgIpc) is 3.35. The van der Waals surface area contributed by atoms with Gasteiger partial charge in [0.15, 0.2) is 0 Å².